The van der Waals surface area contributed by atoms with Crippen LogP contribution in [0.2, 0.25) is 0 Å². The largest absolute Gasteiger partial charge is 0.325 e. The number of amides is 1. The Labute approximate surface area is 175 Å². The molecule has 0 aliphatic carbocycles. The molecule has 3 aromatic rings. The Morgan fingerprint density at radius 3 is 2.62 bits per heavy atom. The summed E-state index contributed by atoms with van der Waals surface area (Å²) in [5, 5.41) is 11.7. The lowest BCUT2D eigenvalue weighted by molar-refractivity contribution is -0.113. The van der Waals surface area contributed by atoms with E-state index >= 15 is 0 Å². The minimum Gasteiger partial charge on any atom is -0.325 e. The number of carbonyl (C=O) groups excluding carboxylic acids is 1. The minimum atomic E-state index is 0.0196. The average molecular weight is 407 g/mol. The Morgan fingerprint density at radius 1 is 1.03 bits per heavy atom. The van der Waals surface area contributed by atoms with Crippen LogP contribution in [0.5, 0.6) is 0 Å². The van der Waals surface area contributed by atoms with Gasteiger partial charge in [0.25, 0.3) is 0 Å². The van der Waals surface area contributed by atoms with Gasteiger partial charge in [-0.2, -0.15) is 0 Å². The van der Waals surface area contributed by atoms with Gasteiger partial charge in [0.05, 0.1) is 5.75 Å². The fraction of sp³-hybridized carbons (Fsp3) is 0.348. The van der Waals surface area contributed by atoms with Crippen LogP contribution in [0, 0.1) is 6.92 Å². The van der Waals surface area contributed by atoms with Gasteiger partial charge in [-0.25, -0.2) is 0 Å². The van der Waals surface area contributed by atoms with Crippen molar-refractivity contribution in [2.24, 2.45) is 0 Å². The van der Waals surface area contributed by atoms with Crippen molar-refractivity contribution in [3.8, 4) is 11.4 Å². The Bertz CT molecular complexity index is 964. The summed E-state index contributed by atoms with van der Waals surface area (Å²) in [6, 6.07) is 16.3. The van der Waals surface area contributed by atoms with E-state index in [-0.39, 0.29) is 5.91 Å². The van der Waals surface area contributed by atoms with Gasteiger partial charge in [0.2, 0.25) is 5.91 Å². The van der Waals surface area contributed by atoms with E-state index in [2.05, 4.69) is 51.3 Å². The van der Waals surface area contributed by atoms with Crippen LogP contribution in [0.25, 0.3) is 11.4 Å². The third-order valence-electron chi connectivity index (χ3n) is 5.16. The number of nitrogens with one attached hydrogen (secondary N) is 1. The van der Waals surface area contributed by atoms with E-state index in [4.69, 9.17) is 0 Å². The topological polar surface area (TPSA) is 59.8 Å². The van der Waals surface area contributed by atoms with Crippen LogP contribution in [0.15, 0.2) is 48.5 Å². The summed E-state index contributed by atoms with van der Waals surface area (Å²) in [4.78, 5) is 12.2. The molecule has 1 aromatic heterocycles. The number of fused-ring (bicyclic) bond motifs is 1. The van der Waals surface area contributed by atoms with Gasteiger partial charge in [0.1, 0.15) is 5.82 Å². The molecule has 0 saturated heterocycles. The number of aryl methyl sites for hydroxylation is 2. The number of aromatic nitrogens is 3. The maximum Gasteiger partial charge on any atom is 0.234 e. The molecule has 4 rings (SSSR count). The highest BCUT2D eigenvalue weighted by Crippen LogP contribution is 2.24. The second kappa shape index (κ2) is 9.27. The zero-order chi connectivity index (χ0) is 20.1. The third-order valence-corrected chi connectivity index (χ3v) is 6.16. The first-order valence-corrected chi connectivity index (χ1v) is 11.3. The molecule has 2 aromatic carbocycles. The fourth-order valence-corrected chi connectivity index (χ4v) is 4.33. The number of anilines is 1. The van der Waals surface area contributed by atoms with Gasteiger partial charge < -0.3 is 9.88 Å². The van der Waals surface area contributed by atoms with E-state index in [0.29, 0.717) is 5.75 Å². The number of hydrogen-bond donors (Lipinski definition) is 1. The second-order valence-electron chi connectivity index (χ2n) is 7.51. The lowest BCUT2D eigenvalue weighted by Gasteiger charge is -2.09. The minimum absolute atomic E-state index is 0.0196. The zero-order valence-corrected chi connectivity index (χ0v) is 17.5. The molecule has 6 heteroatoms. The molecule has 1 amide bonds. The van der Waals surface area contributed by atoms with Crippen molar-refractivity contribution < 1.29 is 4.79 Å². The molecular weight excluding hydrogens is 380 g/mol. The monoisotopic (exact) mass is 406 g/mol. The maximum atomic E-state index is 12.2. The van der Waals surface area contributed by atoms with Gasteiger partial charge in [0.15, 0.2) is 5.82 Å². The Hall–Kier alpha value is -2.60. The van der Waals surface area contributed by atoms with Crippen LogP contribution < -0.4 is 5.32 Å². The van der Waals surface area contributed by atoms with Crippen molar-refractivity contribution in [2.75, 3.05) is 11.1 Å². The first kappa shape index (κ1) is 19.7. The summed E-state index contributed by atoms with van der Waals surface area (Å²) in [6.07, 6.45) is 4.61. The number of rotatable bonds is 6. The normalized spacial score (nSPS) is 13.6. The summed E-state index contributed by atoms with van der Waals surface area (Å²) in [5.41, 5.74) is 4.34. The van der Waals surface area contributed by atoms with Gasteiger partial charge in [-0.15, -0.1) is 22.0 Å². The molecular formula is C23H26N4OS. The predicted octanol–water partition coefficient (Wildman–Crippen LogP) is 4.85. The summed E-state index contributed by atoms with van der Waals surface area (Å²) in [5.74, 6) is 3.30. The summed E-state index contributed by atoms with van der Waals surface area (Å²) in [7, 11) is 0. The number of nitrogens with zero attached hydrogens (tertiary/aromatic N) is 3. The zero-order valence-electron chi connectivity index (χ0n) is 16.7. The van der Waals surface area contributed by atoms with Gasteiger partial charge in [0, 0.05) is 30.0 Å². The molecule has 1 aliphatic rings. The average Bonchev–Trinajstić information content (AvgIpc) is 2.98. The molecule has 5 nitrogen and oxygen atoms in total. The van der Waals surface area contributed by atoms with E-state index in [1.165, 1.54) is 30.4 Å². The van der Waals surface area contributed by atoms with Gasteiger partial charge in [-0.05, 0) is 49.6 Å². The molecule has 150 valence electrons. The standard InChI is InChI=1S/C23H26N4OS/c1-17-6-8-18(9-7-17)15-29-16-22(28)24-20-12-10-19(11-13-20)23-26-25-21-5-3-2-4-14-27(21)23/h6-13H,2-5,14-16H2,1H3,(H,24,28). The van der Waals surface area contributed by atoms with Crippen LogP contribution >= 0.6 is 11.8 Å². The van der Waals surface area contributed by atoms with Gasteiger partial charge in [-0.1, -0.05) is 36.2 Å². The van der Waals surface area contributed by atoms with E-state index in [9.17, 15) is 4.79 Å². The van der Waals surface area contributed by atoms with Crippen molar-refractivity contribution in [3.05, 3.63) is 65.5 Å². The maximum absolute atomic E-state index is 12.2. The Kier molecular flexibility index (Phi) is 6.30. The molecule has 0 atom stereocenters. The van der Waals surface area contributed by atoms with Crippen molar-refractivity contribution >= 4 is 23.4 Å². The van der Waals surface area contributed by atoms with Gasteiger partial charge >= 0.3 is 0 Å². The number of carbonyl (C=O) groups is 1. The Balaban J connectivity index is 1.32. The first-order valence-electron chi connectivity index (χ1n) is 10.1. The van der Waals surface area contributed by atoms with Crippen LogP contribution in [0.1, 0.15) is 36.2 Å². The molecule has 0 unspecified atom stereocenters. The number of hydrogen-bond acceptors (Lipinski definition) is 4. The SMILES string of the molecule is Cc1ccc(CSCC(=O)Nc2ccc(-c3nnc4n3CCCCC4)cc2)cc1. The first-order chi connectivity index (χ1) is 14.2. The number of thioether (sulfide) groups is 1. The molecule has 0 bridgehead atoms. The summed E-state index contributed by atoms with van der Waals surface area (Å²) < 4.78 is 2.24. The van der Waals surface area contributed by atoms with E-state index in [1.807, 2.05) is 24.3 Å². The molecule has 0 radical (unpaired) electrons. The molecule has 2 heterocycles. The molecule has 0 spiro atoms. The molecule has 0 saturated carbocycles. The van der Waals surface area contributed by atoms with Crippen LogP contribution in [0.4, 0.5) is 5.69 Å². The lowest BCUT2D eigenvalue weighted by atomic mass is 10.2. The second-order valence-corrected chi connectivity index (χ2v) is 8.49. The van der Waals surface area contributed by atoms with Crippen molar-refractivity contribution in [3.63, 3.8) is 0 Å². The molecule has 29 heavy (non-hydrogen) atoms. The van der Waals surface area contributed by atoms with Crippen molar-refractivity contribution in [1.29, 1.82) is 0 Å². The summed E-state index contributed by atoms with van der Waals surface area (Å²) >= 11 is 1.62. The van der Waals surface area contributed by atoms with E-state index in [0.717, 1.165) is 41.6 Å². The fourth-order valence-electron chi connectivity index (χ4n) is 3.54. The highest BCUT2D eigenvalue weighted by Gasteiger charge is 2.16. The van der Waals surface area contributed by atoms with E-state index in [1.54, 1.807) is 11.8 Å². The molecule has 1 N–H and O–H groups in total. The van der Waals surface area contributed by atoms with Crippen LogP contribution in [-0.2, 0) is 23.5 Å². The molecule has 0 fully saturated rings. The van der Waals surface area contributed by atoms with Crippen molar-refractivity contribution in [1.82, 2.24) is 14.8 Å². The molecule has 1 aliphatic heterocycles. The third kappa shape index (κ3) is 5.07. The van der Waals surface area contributed by atoms with Gasteiger partial charge in [-0.3, -0.25) is 4.79 Å². The smallest absolute Gasteiger partial charge is 0.234 e. The van der Waals surface area contributed by atoms with Crippen LogP contribution in [0.3, 0.4) is 0 Å². The number of benzene rings is 2. The summed E-state index contributed by atoms with van der Waals surface area (Å²) in [6.45, 7) is 3.06. The highest BCUT2D eigenvalue weighted by molar-refractivity contribution is 7.99. The van der Waals surface area contributed by atoms with Crippen LogP contribution in [-0.4, -0.2) is 26.4 Å². The lowest BCUT2D eigenvalue weighted by Crippen LogP contribution is -2.14. The van der Waals surface area contributed by atoms with Crippen molar-refractivity contribution in [2.45, 2.75) is 44.9 Å². The predicted molar refractivity (Wildman–Crippen MR) is 119 cm³/mol. The highest BCUT2D eigenvalue weighted by atomic mass is 32.2. The van der Waals surface area contributed by atoms with E-state index < -0.39 is 0 Å². The quantitative estimate of drug-likeness (QED) is 0.636. The Morgan fingerprint density at radius 2 is 1.83 bits per heavy atom.